The van der Waals surface area contributed by atoms with Gasteiger partial charge in [-0.25, -0.2) is 0 Å². The Labute approximate surface area is 127 Å². The highest BCUT2D eigenvalue weighted by Gasteiger charge is 2.23. The SMILES string of the molecule is CC(Oc1ccc(Cl)cc1Br)C(=O)N1CCCCC1. The summed E-state index contributed by atoms with van der Waals surface area (Å²) in [4.78, 5) is 14.1. The highest BCUT2D eigenvalue weighted by atomic mass is 79.9. The standard InChI is InChI=1S/C14H17BrClNO2/c1-10(14(18)17-7-3-2-4-8-17)19-13-6-5-11(16)9-12(13)15/h5-6,9-10H,2-4,7-8H2,1H3. The van der Waals surface area contributed by atoms with Gasteiger partial charge >= 0.3 is 0 Å². The molecule has 1 heterocycles. The lowest BCUT2D eigenvalue weighted by Crippen LogP contribution is -2.43. The summed E-state index contributed by atoms with van der Waals surface area (Å²) in [6, 6.07) is 5.28. The molecule has 1 aromatic rings. The molecule has 104 valence electrons. The molecule has 1 amide bonds. The van der Waals surface area contributed by atoms with Gasteiger partial charge in [0.15, 0.2) is 6.10 Å². The molecule has 1 aliphatic heterocycles. The molecule has 0 N–H and O–H groups in total. The van der Waals surface area contributed by atoms with E-state index in [4.69, 9.17) is 16.3 Å². The minimum Gasteiger partial charge on any atom is -0.480 e. The Kier molecular flexibility index (Phi) is 5.11. The number of benzene rings is 1. The van der Waals surface area contributed by atoms with E-state index in [2.05, 4.69) is 15.9 Å². The summed E-state index contributed by atoms with van der Waals surface area (Å²) in [5.74, 6) is 0.698. The Balaban J connectivity index is 1.99. The zero-order valence-corrected chi connectivity index (χ0v) is 13.2. The topological polar surface area (TPSA) is 29.5 Å². The second-order valence-electron chi connectivity index (χ2n) is 4.72. The van der Waals surface area contributed by atoms with Gasteiger partial charge in [-0.15, -0.1) is 0 Å². The van der Waals surface area contributed by atoms with Gasteiger partial charge in [-0.2, -0.15) is 0 Å². The van der Waals surface area contributed by atoms with Gasteiger partial charge in [0.25, 0.3) is 5.91 Å². The van der Waals surface area contributed by atoms with Crippen molar-refractivity contribution < 1.29 is 9.53 Å². The largest absolute Gasteiger partial charge is 0.480 e. The van der Waals surface area contributed by atoms with Crippen molar-refractivity contribution >= 4 is 33.4 Å². The van der Waals surface area contributed by atoms with Crippen LogP contribution in [0.4, 0.5) is 0 Å². The van der Waals surface area contributed by atoms with Crippen molar-refractivity contribution in [2.24, 2.45) is 0 Å². The fraction of sp³-hybridized carbons (Fsp3) is 0.500. The number of halogens is 2. The highest BCUT2D eigenvalue weighted by molar-refractivity contribution is 9.10. The summed E-state index contributed by atoms with van der Waals surface area (Å²) in [6.07, 6.45) is 2.91. The number of nitrogens with zero attached hydrogens (tertiary/aromatic N) is 1. The van der Waals surface area contributed by atoms with Crippen molar-refractivity contribution in [1.82, 2.24) is 4.90 Å². The first-order chi connectivity index (χ1) is 9.08. The van der Waals surface area contributed by atoms with Crippen molar-refractivity contribution in [3.8, 4) is 5.75 Å². The van der Waals surface area contributed by atoms with Gasteiger partial charge in [0, 0.05) is 18.1 Å². The highest BCUT2D eigenvalue weighted by Crippen LogP contribution is 2.29. The molecule has 3 nitrogen and oxygen atoms in total. The number of hydrogen-bond acceptors (Lipinski definition) is 2. The van der Waals surface area contributed by atoms with Crippen LogP contribution in [0.15, 0.2) is 22.7 Å². The molecule has 0 aromatic heterocycles. The predicted octanol–water partition coefficient (Wildman–Crippen LogP) is 3.88. The molecule has 2 rings (SSSR count). The van der Waals surface area contributed by atoms with E-state index >= 15 is 0 Å². The van der Waals surface area contributed by atoms with Crippen LogP contribution in [-0.2, 0) is 4.79 Å². The van der Waals surface area contributed by atoms with Crippen LogP contribution in [0.5, 0.6) is 5.75 Å². The number of piperidine rings is 1. The van der Waals surface area contributed by atoms with Crippen molar-refractivity contribution in [1.29, 1.82) is 0 Å². The van der Waals surface area contributed by atoms with Gasteiger partial charge < -0.3 is 9.64 Å². The summed E-state index contributed by atoms with van der Waals surface area (Å²) in [7, 11) is 0. The molecule has 1 saturated heterocycles. The summed E-state index contributed by atoms with van der Waals surface area (Å²) in [6.45, 7) is 3.47. The average molecular weight is 347 g/mol. The first-order valence-corrected chi connectivity index (χ1v) is 7.65. The van der Waals surface area contributed by atoms with Gasteiger partial charge in [0.05, 0.1) is 4.47 Å². The van der Waals surface area contributed by atoms with E-state index in [1.807, 2.05) is 4.90 Å². The van der Waals surface area contributed by atoms with Gasteiger partial charge in [0.1, 0.15) is 5.75 Å². The van der Waals surface area contributed by atoms with Crippen molar-refractivity contribution in [3.05, 3.63) is 27.7 Å². The van der Waals surface area contributed by atoms with Crippen LogP contribution in [0, 0.1) is 0 Å². The molecule has 0 spiro atoms. The van der Waals surface area contributed by atoms with E-state index in [9.17, 15) is 4.79 Å². The summed E-state index contributed by atoms with van der Waals surface area (Å²) in [5.41, 5.74) is 0. The van der Waals surface area contributed by atoms with Crippen LogP contribution in [0.3, 0.4) is 0 Å². The van der Waals surface area contributed by atoms with Crippen LogP contribution in [0.2, 0.25) is 5.02 Å². The second-order valence-corrected chi connectivity index (χ2v) is 6.01. The van der Waals surface area contributed by atoms with Crippen molar-refractivity contribution in [2.75, 3.05) is 13.1 Å². The van der Waals surface area contributed by atoms with E-state index in [1.165, 1.54) is 6.42 Å². The molecule has 5 heteroatoms. The maximum absolute atomic E-state index is 12.2. The molecule has 1 aliphatic rings. The molecule has 0 bridgehead atoms. The van der Waals surface area contributed by atoms with Crippen molar-refractivity contribution in [3.63, 3.8) is 0 Å². The number of hydrogen-bond donors (Lipinski definition) is 0. The Morgan fingerprint density at radius 3 is 2.68 bits per heavy atom. The fourth-order valence-electron chi connectivity index (χ4n) is 2.18. The van der Waals surface area contributed by atoms with E-state index in [1.54, 1.807) is 25.1 Å². The Bertz CT molecular complexity index is 461. The van der Waals surface area contributed by atoms with E-state index < -0.39 is 6.10 Å². The van der Waals surface area contributed by atoms with Crippen LogP contribution >= 0.6 is 27.5 Å². The van der Waals surface area contributed by atoms with E-state index in [0.29, 0.717) is 10.8 Å². The van der Waals surface area contributed by atoms with Crippen LogP contribution in [0.1, 0.15) is 26.2 Å². The number of likely N-dealkylation sites (tertiary alicyclic amines) is 1. The molecule has 1 fully saturated rings. The number of amides is 1. The fourth-order valence-corrected chi connectivity index (χ4v) is 2.96. The molecule has 0 aliphatic carbocycles. The third kappa shape index (κ3) is 3.86. The Morgan fingerprint density at radius 1 is 1.37 bits per heavy atom. The number of ether oxygens (including phenoxy) is 1. The summed E-state index contributed by atoms with van der Waals surface area (Å²) in [5, 5.41) is 0.634. The minimum absolute atomic E-state index is 0.0570. The Hall–Kier alpha value is -0.740. The normalized spacial score (nSPS) is 17.1. The quantitative estimate of drug-likeness (QED) is 0.831. The first-order valence-electron chi connectivity index (χ1n) is 6.48. The number of carbonyl (C=O) groups excluding carboxylic acids is 1. The molecular formula is C14H17BrClNO2. The molecule has 1 aromatic carbocycles. The first kappa shape index (κ1) is 14.7. The van der Waals surface area contributed by atoms with Gasteiger partial charge in [-0.1, -0.05) is 11.6 Å². The summed E-state index contributed by atoms with van der Waals surface area (Å²) < 4.78 is 6.48. The van der Waals surface area contributed by atoms with Crippen molar-refractivity contribution in [2.45, 2.75) is 32.3 Å². The maximum Gasteiger partial charge on any atom is 0.263 e. The minimum atomic E-state index is -0.476. The molecule has 1 unspecified atom stereocenters. The lowest BCUT2D eigenvalue weighted by molar-refractivity contribution is -0.138. The van der Waals surface area contributed by atoms with E-state index in [-0.39, 0.29) is 5.91 Å². The zero-order chi connectivity index (χ0) is 13.8. The summed E-state index contributed by atoms with van der Waals surface area (Å²) >= 11 is 9.26. The monoisotopic (exact) mass is 345 g/mol. The van der Waals surface area contributed by atoms with Crippen LogP contribution in [0.25, 0.3) is 0 Å². The Morgan fingerprint density at radius 2 is 2.05 bits per heavy atom. The lowest BCUT2D eigenvalue weighted by atomic mass is 10.1. The third-order valence-electron chi connectivity index (χ3n) is 3.21. The molecule has 1 atom stereocenters. The smallest absolute Gasteiger partial charge is 0.263 e. The molecule has 19 heavy (non-hydrogen) atoms. The average Bonchev–Trinajstić information content (AvgIpc) is 2.42. The number of carbonyl (C=O) groups is 1. The molecule has 0 radical (unpaired) electrons. The molecule has 0 saturated carbocycles. The number of rotatable bonds is 3. The third-order valence-corrected chi connectivity index (χ3v) is 4.07. The maximum atomic E-state index is 12.2. The zero-order valence-electron chi connectivity index (χ0n) is 10.9. The van der Waals surface area contributed by atoms with Gasteiger partial charge in [-0.3, -0.25) is 4.79 Å². The van der Waals surface area contributed by atoms with Gasteiger partial charge in [-0.05, 0) is 60.3 Å². The second kappa shape index (κ2) is 6.62. The van der Waals surface area contributed by atoms with Crippen LogP contribution in [-0.4, -0.2) is 30.0 Å². The van der Waals surface area contributed by atoms with Gasteiger partial charge in [0.2, 0.25) is 0 Å². The lowest BCUT2D eigenvalue weighted by Gasteiger charge is -2.29. The molecular weight excluding hydrogens is 330 g/mol. The van der Waals surface area contributed by atoms with E-state index in [0.717, 1.165) is 30.4 Å². The van der Waals surface area contributed by atoms with Crippen LogP contribution < -0.4 is 4.74 Å². The predicted molar refractivity (Wildman–Crippen MR) is 79.7 cm³/mol.